The molecule has 4 aliphatic rings. The Bertz CT molecular complexity index is 734. The number of carbonyl (C=O) groups excluding carboxylic acids is 2. The van der Waals surface area contributed by atoms with Gasteiger partial charge in [0.05, 0.1) is 6.10 Å². The first-order valence-corrected chi connectivity index (χ1v) is 10.0. The van der Waals surface area contributed by atoms with Crippen molar-refractivity contribution in [3.05, 3.63) is 11.6 Å². The Labute approximate surface area is 158 Å². The second kappa shape index (κ2) is 5.71. The first-order valence-electron chi connectivity index (χ1n) is 10.0. The molecule has 0 radical (unpaired) electrons. The van der Waals surface area contributed by atoms with Crippen molar-refractivity contribution in [3.8, 4) is 0 Å². The van der Waals surface area contributed by atoms with Crippen molar-refractivity contribution >= 4 is 11.6 Å². The standard InChI is InChI=1S/C21H29FO5/c1-18-7-5-13(24)9-12(18)3-4-15-14-6-8-20(27,17(26)11-23)19(14,2)10-16(25)21(15,18)22/h9,14-16,23,25,27H,3-8,10-11H2,1-2H3/t14-,15-,16-,18-,19-,20-,21+/m0/s1. The highest BCUT2D eigenvalue weighted by molar-refractivity contribution is 5.92. The summed E-state index contributed by atoms with van der Waals surface area (Å²) < 4.78 is 16.8. The number of ketones is 2. The van der Waals surface area contributed by atoms with Crippen LogP contribution in [0.4, 0.5) is 4.39 Å². The fourth-order valence-corrected chi connectivity index (χ4v) is 7.16. The molecule has 7 atom stereocenters. The van der Waals surface area contributed by atoms with E-state index in [1.165, 1.54) is 0 Å². The number of rotatable bonds is 2. The molecule has 6 heteroatoms. The molecule has 150 valence electrons. The van der Waals surface area contributed by atoms with Crippen molar-refractivity contribution in [1.29, 1.82) is 0 Å². The first kappa shape index (κ1) is 19.2. The maximum Gasteiger partial charge on any atom is 0.190 e. The molecule has 0 spiro atoms. The molecular formula is C21H29FO5. The van der Waals surface area contributed by atoms with Gasteiger partial charge in [0, 0.05) is 23.2 Å². The number of hydrogen-bond acceptors (Lipinski definition) is 5. The molecule has 4 rings (SSSR count). The summed E-state index contributed by atoms with van der Waals surface area (Å²) in [6.45, 7) is 2.83. The van der Waals surface area contributed by atoms with Crippen molar-refractivity contribution in [2.75, 3.05) is 6.61 Å². The zero-order valence-electron chi connectivity index (χ0n) is 16.0. The molecule has 0 heterocycles. The molecule has 5 nitrogen and oxygen atoms in total. The molecule has 27 heavy (non-hydrogen) atoms. The van der Waals surface area contributed by atoms with Crippen LogP contribution in [-0.4, -0.2) is 50.9 Å². The van der Waals surface area contributed by atoms with Gasteiger partial charge in [-0.25, -0.2) is 4.39 Å². The number of fused-ring (bicyclic) bond motifs is 5. The van der Waals surface area contributed by atoms with Crippen LogP contribution in [0.15, 0.2) is 11.6 Å². The summed E-state index contributed by atoms with van der Waals surface area (Å²) in [5.41, 5.74) is -4.68. The van der Waals surface area contributed by atoms with E-state index in [1.54, 1.807) is 13.0 Å². The lowest BCUT2D eigenvalue weighted by atomic mass is 9.44. The third-order valence-corrected chi connectivity index (χ3v) is 8.80. The van der Waals surface area contributed by atoms with Crippen molar-refractivity contribution in [2.45, 2.75) is 76.2 Å². The Morgan fingerprint density at radius 3 is 2.59 bits per heavy atom. The fourth-order valence-electron chi connectivity index (χ4n) is 7.16. The molecule has 0 bridgehead atoms. The third kappa shape index (κ3) is 2.10. The van der Waals surface area contributed by atoms with Crippen molar-refractivity contribution in [2.24, 2.45) is 22.7 Å². The summed E-state index contributed by atoms with van der Waals surface area (Å²) in [5, 5.41) is 31.5. The minimum Gasteiger partial charge on any atom is -0.390 e. The smallest absolute Gasteiger partial charge is 0.190 e. The van der Waals surface area contributed by atoms with E-state index in [0.717, 1.165) is 5.57 Å². The fraction of sp³-hybridized carbons (Fsp3) is 0.810. The van der Waals surface area contributed by atoms with Crippen molar-refractivity contribution in [3.63, 3.8) is 0 Å². The van der Waals surface area contributed by atoms with Gasteiger partial charge in [-0.3, -0.25) is 9.59 Å². The van der Waals surface area contributed by atoms with E-state index in [1.807, 2.05) is 6.92 Å². The molecule has 0 aromatic heterocycles. The van der Waals surface area contributed by atoms with Gasteiger partial charge in [0.15, 0.2) is 11.6 Å². The van der Waals surface area contributed by atoms with Gasteiger partial charge in [-0.2, -0.15) is 0 Å². The number of halogens is 1. The summed E-state index contributed by atoms with van der Waals surface area (Å²) in [7, 11) is 0. The van der Waals surface area contributed by atoms with Crippen LogP contribution in [-0.2, 0) is 9.59 Å². The van der Waals surface area contributed by atoms with Gasteiger partial charge in [0.2, 0.25) is 0 Å². The monoisotopic (exact) mass is 380 g/mol. The van der Waals surface area contributed by atoms with E-state index < -0.39 is 46.5 Å². The van der Waals surface area contributed by atoms with E-state index in [2.05, 4.69) is 0 Å². The topological polar surface area (TPSA) is 94.8 Å². The quantitative estimate of drug-likeness (QED) is 0.680. The number of aliphatic hydroxyl groups excluding tert-OH is 2. The highest BCUT2D eigenvalue weighted by Crippen LogP contribution is 2.70. The van der Waals surface area contributed by atoms with E-state index >= 15 is 4.39 Å². The first-order chi connectivity index (χ1) is 12.5. The van der Waals surface area contributed by atoms with Crippen molar-refractivity contribution in [1.82, 2.24) is 0 Å². The molecule has 3 fully saturated rings. The van der Waals surface area contributed by atoms with Crippen LogP contribution >= 0.6 is 0 Å². The molecule has 0 unspecified atom stereocenters. The maximum absolute atomic E-state index is 16.8. The molecule has 3 N–H and O–H groups in total. The van der Waals surface area contributed by atoms with E-state index in [9.17, 15) is 24.9 Å². The molecular weight excluding hydrogens is 351 g/mol. The largest absolute Gasteiger partial charge is 0.390 e. The number of hydrogen-bond donors (Lipinski definition) is 3. The third-order valence-electron chi connectivity index (χ3n) is 8.80. The minimum atomic E-state index is -1.88. The SMILES string of the molecule is C[C@]12CCC(=O)C=C1CC[C@H]1[C@@H]3CC[C@](O)(C(=O)CO)[C@@]3(C)C[C@H](O)[C@]12F. The van der Waals surface area contributed by atoms with Crippen LogP contribution < -0.4 is 0 Å². The zero-order chi connectivity index (χ0) is 19.8. The van der Waals surface area contributed by atoms with Gasteiger partial charge in [-0.15, -0.1) is 0 Å². The highest BCUT2D eigenvalue weighted by Gasteiger charge is 2.74. The molecule has 0 aliphatic heterocycles. The number of allylic oxidation sites excluding steroid dienone is 1. The number of Topliss-reactive ketones (excluding diaryl/α,β-unsaturated/α-hetero) is 1. The second-order valence-electron chi connectivity index (χ2n) is 9.61. The summed E-state index contributed by atoms with van der Waals surface area (Å²) in [5.74, 6) is -1.36. The van der Waals surface area contributed by atoms with Gasteiger partial charge in [0.1, 0.15) is 17.9 Å². The van der Waals surface area contributed by atoms with Gasteiger partial charge < -0.3 is 15.3 Å². The van der Waals surface area contributed by atoms with Crippen molar-refractivity contribution < 1.29 is 29.3 Å². The van der Waals surface area contributed by atoms with Crippen LogP contribution in [0.2, 0.25) is 0 Å². The summed E-state index contributed by atoms with van der Waals surface area (Å²) >= 11 is 0. The molecule has 0 amide bonds. The van der Waals surface area contributed by atoms with Gasteiger partial charge in [0.25, 0.3) is 0 Å². The van der Waals surface area contributed by atoms with Crippen LogP contribution in [0.1, 0.15) is 58.8 Å². The lowest BCUT2D eigenvalue weighted by Gasteiger charge is -2.63. The van der Waals surface area contributed by atoms with E-state index in [0.29, 0.717) is 25.7 Å². The molecule has 0 saturated heterocycles. The Kier molecular flexibility index (Phi) is 4.06. The maximum atomic E-state index is 16.8. The average Bonchev–Trinajstić information content (AvgIpc) is 2.88. The zero-order valence-corrected chi connectivity index (χ0v) is 16.0. The Hall–Kier alpha value is -1.11. The van der Waals surface area contributed by atoms with Gasteiger partial charge in [-0.1, -0.05) is 19.4 Å². The molecule has 0 aromatic rings. The Morgan fingerprint density at radius 2 is 1.93 bits per heavy atom. The number of carbonyl (C=O) groups is 2. The Balaban J connectivity index is 1.80. The number of aliphatic hydroxyl groups is 3. The highest BCUT2D eigenvalue weighted by atomic mass is 19.1. The normalized spacial score (nSPS) is 51.9. The average molecular weight is 380 g/mol. The molecule has 0 aromatic carbocycles. The number of alkyl halides is 1. The lowest BCUT2D eigenvalue weighted by Crippen LogP contribution is -2.69. The minimum absolute atomic E-state index is 0.0171. The molecule has 3 saturated carbocycles. The summed E-state index contributed by atoms with van der Waals surface area (Å²) in [6.07, 6.45) is 2.65. The lowest BCUT2D eigenvalue weighted by molar-refractivity contribution is -0.226. The van der Waals surface area contributed by atoms with E-state index in [4.69, 9.17) is 0 Å². The van der Waals surface area contributed by atoms with Crippen LogP contribution in [0.3, 0.4) is 0 Å². The predicted molar refractivity (Wildman–Crippen MR) is 95.5 cm³/mol. The van der Waals surface area contributed by atoms with Gasteiger partial charge in [-0.05, 0) is 50.5 Å². The summed E-state index contributed by atoms with van der Waals surface area (Å²) in [4.78, 5) is 24.2. The van der Waals surface area contributed by atoms with Crippen LogP contribution in [0.25, 0.3) is 0 Å². The van der Waals surface area contributed by atoms with E-state index in [-0.39, 0.29) is 31.0 Å². The second-order valence-corrected chi connectivity index (χ2v) is 9.61. The summed E-state index contributed by atoms with van der Waals surface area (Å²) in [6, 6.07) is 0. The predicted octanol–water partition coefficient (Wildman–Crippen LogP) is 1.87. The van der Waals surface area contributed by atoms with Gasteiger partial charge >= 0.3 is 0 Å². The molecule has 4 aliphatic carbocycles. The van der Waals surface area contributed by atoms with Crippen LogP contribution in [0.5, 0.6) is 0 Å². The Morgan fingerprint density at radius 1 is 1.22 bits per heavy atom. The van der Waals surface area contributed by atoms with Crippen LogP contribution in [0, 0.1) is 22.7 Å².